The summed E-state index contributed by atoms with van der Waals surface area (Å²) in [5, 5.41) is 4.57. The Bertz CT molecular complexity index is 2440. The van der Waals surface area contributed by atoms with Gasteiger partial charge in [-0.2, -0.15) is 0 Å². The summed E-state index contributed by atoms with van der Waals surface area (Å²) >= 11 is 0. The van der Waals surface area contributed by atoms with Crippen LogP contribution < -0.4 is 26.5 Å². The quantitative estimate of drug-likeness (QED) is 0.0708. The molecule has 4 heteroatoms. The molecule has 0 aliphatic rings. The molecule has 0 N–H and O–H groups in total. The standard InChI is InChI=1S/C51H44O2P2/c1-4-5-31-50(40(2)3)55(53,47-29-19-10-20-30-47)49-38-34-44(35-39-49)51(41-21-11-6-12-22-41,42-23-13-7-14-24-42)43-32-36-48(37-33-43)54(52,45-25-15-8-16-26-45)46-27-17-9-18-28-46/h4-39H,2H2,1,3H3/b5-4-,50-31+. The summed E-state index contributed by atoms with van der Waals surface area (Å²) in [5.74, 6) is 0. The first-order valence-electron chi connectivity index (χ1n) is 18.5. The average Bonchev–Trinajstić information content (AvgIpc) is 3.26. The van der Waals surface area contributed by atoms with Crippen LogP contribution in [0.3, 0.4) is 0 Å². The van der Waals surface area contributed by atoms with Crippen LogP contribution in [0.15, 0.2) is 236 Å². The number of hydrogen-bond acceptors (Lipinski definition) is 2. The van der Waals surface area contributed by atoms with Crippen molar-refractivity contribution < 1.29 is 9.13 Å². The van der Waals surface area contributed by atoms with Gasteiger partial charge in [-0.1, -0.05) is 225 Å². The van der Waals surface area contributed by atoms with Gasteiger partial charge in [-0.05, 0) is 41.7 Å². The summed E-state index contributed by atoms with van der Waals surface area (Å²) < 4.78 is 31.0. The van der Waals surface area contributed by atoms with Crippen molar-refractivity contribution in [2.45, 2.75) is 19.3 Å². The highest BCUT2D eigenvalue weighted by atomic mass is 31.2. The van der Waals surface area contributed by atoms with Crippen LogP contribution in [0.1, 0.15) is 36.1 Å². The summed E-state index contributed by atoms with van der Waals surface area (Å²) in [5.41, 5.74) is 4.20. The predicted molar refractivity (Wildman–Crippen MR) is 235 cm³/mol. The third-order valence-electron chi connectivity index (χ3n) is 10.3. The minimum atomic E-state index is -3.31. The fourth-order valence-electron chi connectivity index (χ4n) is 7.71. The van der Waals surface area contributed by atoms with Gasteiger partial charge in [-0.3, -0.25) is 0 Å². The molecule has 55 heavy (non-hydrogen) atoms. The smallest absolute Gasteiger partial charge is 0.171 e. The largest absolute Gasteiger partial charge is 0.309 e. The molecule has 7 aromatic rings. The molecular weight excluding hydrogens is 707 g/mol. The summed E-state index contributed by atoms with van der Waals surface area (Å²) in [7, 11) is -6.51. The first kappa shape index (κ1) is 37.5. The monoisotopic (exact) mass is 750 g/mol. The number of hydrogen-bond donors (Lipinski definition) is 0. The Morgan fingerprint density at radius 2 is 0.764 bits per heavy atom. The van der Waals surface area contributed by atoms with Crippen LogP contribution in [-0.4, -0.2) is 0 Å². The predicted octanol–water partition coefficient (Wildman–Crippen LogP) is 11.1. The molecule has 0 heterocycles. The zero-order valence-electron chi connectivity index (χ0n) is 31.2. The fourth-order valence-corrected chi connectivity index (χ4v) is 13.2. The number of benzene rings is 7. The Labute approximate surface area is 326 Å². The summed E-state index contributed by atoms with van der Waals surface area (Å²) in [4.78, 5) is 0. The molecule has 0 spiro atoms. The van der Waals surface area contributed by atoms with Crippen LogP contribution in [-0.2, 0) is 14.5 Å². The molecule has 2 nitrogen and oxygen atoms in total. The van der Waals surface area contributed by atoms with Gasteiger partial charge in [0.2, 0.25) is 0 Å². The Balaban J connectivity index is 1.46. The van der Waals surface area contributed by atoms with E-state index in [4.69, 9.17) is 0 Å². The first-order chi connectivity index (χ1) is 26.8. The Kier molecular flexibility index (Phi) is 11.1. The molecule has 0 saturated heterocycles. The van der Waals surface area contributed by atoms with Crippen LogP contribution in [0, 0.1) is 0 Å². The SMILES string of the molecule is C=C(C)/C(=C\C=C/C)P(=O)(c1ccccc1)c1ccc(C(c2ccccc2)(c2ccccc2)c2ccc(P(=O)(c3ccccc3)c3ccccc3)cc2)cc1. The minimum absolute atomic E-state index is 0.721. The first-order valence-corrected chi connectivity index (χ1v) is 22.0. The molecule has 0 fully saturated rings. The molecule has 0 amide bonds. The maximum Gasteiger partial charge on any atom is 0.171 e. The van der Waals surface area contributed by atoms with Crippen molar-refractivity contribution in [3.8, 4) is 0 Å². The molecular formula is C51H44O2P2. The Morgan fingerprint density at radius 1 is 0.455 bits per heavy atom. The van der Waals surface area contributed by atoms with Gasteiger partial charge < -0.3 is 9.13 Å². The van der Waals surface area contributed by atoms with E-state index in [-0.39, 0.29) is 0 Å². The molecule has 0 aromatic heterocycles. The summed E-state index contributed by atoms with van der Waals surface area (Å²) in [6, 6.07) is 67.0. The van der Waals surface area contributed by atoms with Crippen molar-refractivity contribution in [2.24, 2.45) is 0 Å². The van der Waals surface area contributed by atoms with E-state index in [1.54, 1.807) is 0 Å². The molecule has 0 aliphatic carbocycles. The second kappa shape index (κ2) is 16.3. The lowest BCUT2D eigenvalue weighted by molar-refractivity contribution is 0.590. The zero-order chi connectivity index (χ0) is 38.3. The van der Waals surface area contributed by atoms with Crippen molar-refractivity contribution in [2.75, 3.05) is 0 Å². The topological polar surface area (TPSA) is 34.1 Å². The lowest BCUT2D eigenvalue weighted by Gasteiger charge is -2.37. The van der Waals surface area contributed by atoms with Crippen LogP contribution in [0.2, 0.25) is 0 Å². The maximum absolute atomic E-state index is 15.6. The average molecular weight is 751 g/mol. The molecule has 0 saturated carbocycles. The molecule has 0 radical (unpaired) electrons. The molecule has 0 bridgehead atoms. The molecule has 1 atom stereocenters. The third-order valence-corrected chi connectivity index (χ3v) is 16.7. The minimum Gasteiger partial charge on any atom is -0.309 e. The van der Waals surface area contributed by atoms with Crippen molar-refractivity contribution in [3.05, 3.63) is 258 Å². The second-order valence-electron chi connectivity index (χ2n) is 13.7. The lowest BCUT2D eigenvalue weighted by atomic mass is 9.65. The molecule has 270 valence electrons. The molecule has 0 aliphatic heterocycles. The number of allylic oxidation sites excluding steroid dienone is 5. The van der Waals surface area contributed by atoms with Gasteiger partial charge in [0.25, 0.3) is 0 Å². The third kappa shape index (κ3) is 6.90. The van der Waals surface area contributed by atoms with Crippen molar-refractivity contribution in [3.63, 3.8) is 0 Å². The maximum atomic E-state index is 15.6. The van der Waals surface area contributed by atoms with Crippen LogP contribution in [0.5, 0.6) is 0 Å². The van der Waals surface area contributed by atoms with E-state index in [0.717, 1.165) is 59.7 Å². The second-order valence-corrected chi connectivity index (χ2v) is 19.2. The van der Waals surface area contributed by atoms with Gasteiger partial charge in [0, 0.05) is 31.8 Å². The van der Waals surface area contributed by atoms with E-state index in [1.807, 2.05) is 159 Å². The van der Waals surface area contributed by atoms with E-state index in [2.05, 4.69) is 79.4 Å². The van der Waals surface area contributed by atoms with E-state index >= 15 is 9.13 Å². The van der Waals surface area contributed by atoms with E-state index < -0.39 is 19.7 Å². The molecule has 7 aromatic carbocycles. The van der Waals surface area contributed by atoms with E-state index in [1.165, 1.54) is 0 Å². The lowest BCUT2D eigenvalue weighted by Crippen LogP contribution is -2.32. The fraction of sp³-hybridized carbons (Fsp3) is 0.0588. The van der Waals surface area contributed by atoms with Crippen molar-refractivity contribution >= 4 is 40.8 Å². The van der Waals surface area contributed by atoms with Gasteiger partial charge in [0.1, 0.15) is 0 Å². The molecule has 7 rings (SSSR count). The normalized spacial score (nSPS) is 13.3. The highest BCUT2D eigenvalue weighted by Crippen LogP contribution is 2.55. The van der Waals surface area contributed by atoms with Crippen molar-refractivity contribution in [1.29, 1.82) is 0 Å². The van der Waals surface area contributed by atoms with Crippen LogP contribution >= 0.6 is 14.3 Å². The summed E-state index contributed by atoms with van der Waals surface area (Å²) in [6.45, 7) is 8.15. The van der Waals surface area contributed by atoms with Crippen molar-refractivity contribution in [1.82, 2.24) is 0 Å². The Morgan fingerprint density at radius 3 is 1.15 bits per heavy atom. The van der Waals surface area contributed by atoms with E-state index in [0.29, 0.717) is 0 Å². The van der Waals surface area contributed by atoms with Gasteiger partial charge in [0.05, 0.1) is 5.41 Å². The van der Waals surface area contributed by atoms with Gasteiger partial charge in [0.15, 0.2) is 14.3 Å². The van der Waals surface area contributed by atoms with Gasteiger partial charge in [-0.25, -0.2) is 0 Å². The van der Waals surface area contributed by atoms with E-state index in [9.17, 15) is 0 Å². The Hall–Kier alpha value is -5.78. The summed E-state index contributed by atoms with van der Waals surface area (Å²) in [6.07, 6.45) is 5.81. The van der Waals surface area contributed by atoms with Gasteiger partial charge >= 0.3 is 0 Å². The van der Waals surface area contributed by atoms with Crippen LogP contribution in [0.4, 0.5) is 0 Å². The number of rotatable bonds is 12. The zero-order valence-corrected chi connectivity index (χ0v) is 33.0. The van der Waals surface area contributed by atoms with Gasteiger partial charge in [-0.15, -0.1) is 0 Å². The highest BCUT2D eigenvalue weighted by Gasteiger charge is 2.40. The van der Waals surface area contributed by atoms with Crippen LogP contribution in [0.25, 0.3) is 0 Å². The molecule has 1 unspecified atom stereocenters. The highest BCUT2D eigenvalue weighted by molar-refractivity contribution is 7.85.